The Labute approximate surface area is 395 Å². The van der Waals surface area contributed by atoms with Crippen LogP contribution in [0.15, 0.2) is 255 Å². The molecule has 0 aromatic heterocycles. The molecule has 2 nitrogen and oxygen atoms in total. The fourth-order valence-corrected chi connectivity index (χ4v) is 10.2. The van der Waals surface area contributed by atoms with Gasteiger partial charge in [-0.3, -0.25) is 0 Å². The Morgan fingerprint density at radius 2 is 0.529 bits per heavy atom. The average Bonchev–Trinajstić information content (AvgIpc) is 3.39. The maximum atomic E-state index is 2.41. The molecule has 0 fully saturated rings. The summed E-state index contributed by atoms with van der Waals surface area (Å²) >= 11 is 0. The van der Waals surface area contributed by atoms with Gasteiger partial charge in [0.05, 0.1) is 11.4 Å². The van der Waals surface area contributed by atoms with E-state index in [1.165, 1.54) is 75.4 Å². The van der Waals surface area contributed by atoms with Crippen molar-refractivity contribution in [2.45, 2.75) is 0 Å². The first kappa shape index (κ1) is 39.4. The Morgan fingerprint density at radius 1 is 0.206 bits per heavy atom. The highest BCUT2D eigenvalue weighted by atomic mass is 15.1. The highest BCUT2D eigenvalue weighted by Gasteiger charge is 2.18. The van der Waals surface area contributed by atoms with Crippen LogP contribution in [0.4, 0.5) is 34.1 Å². The number of nitrogens with zero attached hydrogens (tertiary/aromatic N) is 2. The quantitative estimate of drug-likeness (QED) is 0.111. The number of hydrogen-bond donors (Lipinski definition) is 0. The highest BCUT2D eigenvalue weighted by Crippen LogP contribution is 2.43. The summed E-state index contributed by atoms with van der Waals surface area (Å²) in [4.78, 5) is 4.81. The first-order chi connectivity index (χ1) is 33.6. The topological polar surface area (TPSA) is 6.48 Å². The van der Waals surface area contributed by atoms with Crippen molar-refractivity contribution in [3.8, 4) is 0 Å². The summed E-state index contributed by atoms with van der Waals surface area (Å²) in [6, 6.07) is 93.2. The van der Waals surface area contributed by atoms with Gasteiger partial charge < -0.3 is 9.80 Å². The fraction of sp³-hybridized carbons (Fsp3) is 0. The summed E-state index contributed by atoms with van der Waals surface area (Å²) in [5.74, 6) is 0. The Kier molecular flexibility index (Phi) is 9.54. The number of hydrogen-bond acceptors (Lipinski definition) is 2. The molecule has 0 amide bonds. The van der Waals surface area contributed by atoms with Gasteiger partial charge in [-0.2, -0.15) is 0 Å². The normalized spacial score (nSPS) is 11.8. The number of fused-ring (bicyclic) bond motifs is 7. The van der Waals surface area contributed by atoms with E-state index in [9.17, 15) is 0 Å². The summed E-state index contributed by atoms with van der Waals surface area (Å²) in [6.45, 7) is 0. The minimum absolute atomic E-state index is 1.11. The van der Waals surface area contributed by atoms with Crippen LogP contribution >= 0.6 is 0 Å². The van der Waals surface area contributed by atoms with Gasteiger partial charge in [-0.05, 0) is 167 Å². The van der Waals surface area contributed by atoms with Gasteiger partial charge in [-0.15, -0.1) is 0 Å². The number of benzene rings is 13. The third kappa shape index (κ3) is 7.17. The lowest BCUT2D eigenvalue weighted by Crippen LogP contribution is -2.10. The molecule has 0 N–H and O–H groups in total. The lowest BCUT2D eigenvalue weighted by molar-refractivity contribution is 1.30. The molecular formula is C66H44N2. The molecule has 68 heavy (non-hydrogen) atoms. The van der Waals surface area contributed by atoms with Crippen molar-refractivity contribution >= 4 is 122 Å². The summed E-state index contributed by atoms with van der Waals surface area (Å²) in [5, 5.41) is 17.2. The third-order valence-electron chi connectivity index (χ3n) is 13.6. The van der Waals surface area contributed by atoms with Crippen LogP contribution in [-0.2, 0) is 0 Å². The molecule has 13 aromatic rings. The van der Waals surface area contributed by atoms with Gasteiger partial charge in [0, 0.05) is 33.5 Å². The summed E-state index contributed by atoms with van der Waals surface area (Å²) in [5.41, 5.74) is 9.07. The van der Waals surface area contributed by atoms with E-state index >= 15 is 0 Å². The van der Waals surface area contributed by atoms with Crippen LogP contribution in [0.5, 0.6) is 0 Å². The lowest BCUT2D eigenvalue weighted by atomic mass is 10.0. The van der Waals surface area contributed by atoms with Gasteiger partial charge in [0.25, 0.3) is 0 Å². The van der Waals surface area contributed by atoms with Crippen molar-refractivity contribution in [1.82, 2.24) is 0 Å². The predicted octanol–water partition coefficient (Wildman–Crippen LogP) is 18.9. The molecule has 0 heterocycles. The van der Waals surface area contributed by atoms with E-state index in [1.807, 2.05) is 0 Å². The van der Waals surface area contributed by atoms with Crippen molar-refractivity contribution in [3.63, 3.8) is 0 Å². The molecule has 0 saturated carbocycles. The first-order valence-corrected chi connectivity index (χ1v) is 23.4. The fourth-order valence-electron chi connectivity index (χ4n) is 10.2. The molecule has 0 aliphatic rings. The summed E-state index contributed by atoms with van der Waals surface area (Å²) < 4.78 is 0. The Balaban J connectivity index is 0.831. The zero-order valence-corrected chi connectivity index (χ0v) is 37.3. The number of rotatable bonds is 8. The van der Waals surface area contributed by atoms with Crippen LogP contribution in [0.2, 0.25) is 0 Å². The van der Waals surface area contributed by atoms with Gasteiger partial charge >= 0.3 is 0 Å². The molecule has 318 valence electrons. The van der Waals surface area contributed by atoms with Crippen LogP contribution < -0.4 is 9.80 Å². The lowest BCUT2D eigenvalue weighted by Gasteiger charge is -2.27. The first-order valence-electron chi connectivity index (χ1n) is 23.4. The van der Waals surface area contributed by atoms with Gasteiger partial charge in [-0.25, -0.2) is 0 Å². The minimum Gasteiger partial charge on any atom is -0.310 e. The van der Waals surface area contributed by atoms with E-state index < -0.39 is 0 Å². The second kappa shape index (κ2) is 16.5. The molecule has 0 aliphatic heterocycles. The molecule has 2 heteroatoms. The van der Waals surface area contributed by atoms with Crippen molar-refractivity contribution in [2.75, 3.05) is 9.80 Å². The second-order valence-electron chi connectivity index (χ2n) is 17.8. The molecule has 0 atom stereocenters. The van der Waals surface area contributed by atoms with Crippen LogP contribution in [-0.4, -0.2) is 0 Å². The largest absolute Gasteiger partial charge is 0.310 e. The van der Waals surface area contributed by atoms with Crippen molar-refractivity contribution < 1.29 is 0 Å². The van der Waals surface area contributed by atoms with E-state index in [2.05, 4.69) is 277 Å². The molecule has 0 spiro atoms. The third-order valence-corrected chi connectivity index (χ3v) is 13.6. The van der Waals surface area contributed by atoms with Gasteiger partial charge in [0.1, 0.15) is 0 Å². The molecule has 13 rings (SSSR count). The van der Waals surface area contributed by atoms with E-state index in [0.29, 0.717) is 0 Å². The molecule has 13 aromatic carbocycles. The Hall–Kier alpha value is -8.98. The zero-order chi connectivity index (χ0) is 45.0. The van der Waals surface area contributed by atoms with Crippen molar-refractivity contribution in [1.29, 1.82) is 0 Å². The van der Waals surface area contributed by atoms with Crippen LogP contribution in [0.3, 0.4) is 0 Å². The van der Waals surface area contributed by atoms with E-state index in [4.69, 9.17) is 0 Å². The van der Waals surface area contributed by atoms with E-state index in [0.717, 1.165) is 45.3 Å². The van der Waals surface area contributed by atoms with Crippen LogP contribution in [0.25, 0.3) is 87.6 Å². The molecule has 0 unspecified atom stereocenters. The van der Waals surface area contributed by atoms with E-state index in [-0.39, 0.29) is 0 Å². The standard InChI is InChI=1S/C66H44N2/c1-3-15-51-40-57-43-61(35-30-54(57)38-49(51)13-1)67(65-21-9-17-47-11-5-7-19-63(47)65)59-32-26-45(27-33-59)23-24-46-25-28-56-42-60(34-29-53(56)37-46)68(66-22-10-18-48-12-6-8-20-64(48)66)62-36-31-55-39-50-14-2-4-16-52(50)41-58(55)44-62/h1-44H/b24-23+. The average molecular weight is 865 g/mol. The second-order valence-corrected chi connectivity index (χ2v) is 17.8. The Bertz CT molecular complexity index is 4100. The van der Waals surface area contributed by atoms with E-state index in [1.54, 1.807) is 0 Å². The summed E-state index contributed by atoms with van der Waals surface area (Å²) in [7, 11) is 0. The van der Waals surface area contributed by atoms with Gasteiger partial charge in [-0.1, -0.05) is 176 Å². The molecule has 0 radical (unpaired) electrons. The van der Waals surface area contributed by atoms with Gasteiger partial charge in [0.2, 0.25) is 0 Å². The maximum absolute atomic E-state index is 2.41. The molecule has 0 bridgehead atoms. The predicted molar refractivity (Wildman–Crippen MR) is 294 cm³/mol. The van der Waals surface area contributed by atoms with Gasteiger partial charge in [0.15, 0.2) is 0 Å². The smallest absolute Gasteiger partial charge is 0.0540 e. The maximum Gasteiger partial charge on any atom is 0.0540 e. The van der Waals surface area contributed by atoms with Crippen molar-refractivity contribution in [3.05, 3.63) is 266 Å². The zero-order valence-electron chi connectivity index (χ0n) is 37.3. The SMILES string of the molecule is C(=C\c1ccc2cc(N(c3ccc4cc5ccccc5cc4c3)c3cccc4ccccc34)ccc2c1)/c1ccc(N(c2ccc3cc4ccccc4cc3c2)c2cccc3ccccc23)cc1. The minimum atomic E-state index is 1.11. The monoisotopic (exact) mass is 864 g/mol. The molecule has 0 saturated heterocycles. The van der Waals surface area contributed by atoms with Crippen molar-refractivity contribution in [2.24, 2.45) is 0 Å². The highest BCUT2D eigenvalue weighted by molar-refractivity contribution is 6.05. The Morgan fingerprint density at radius 3 is 1.04 bits per heavy atom. The van der Waals surface area contributed by atoms with Crippen LogP contribution in [0.1, 0.15) is 11.1 Å². The number of anilines is 6. The molecular weight excluding hydrogens is 821 g/mol. The van der Waals surface area contributed by atoms with Crippen LogP contribution in [0, 0.1) is 0 Å². The summed E-state index contributed by atoms with van der Waals surface area (Å²) in [6.07, 6.45) is 4.44. The molecule has 0 aliphatic carbocycles.